The van der Waals surface area contributed by atoms with Crippen LogP contribution in [-0.4, -0.2) is 24.9 Å². The summed E-state index contributed by atoms with van der Waals surface area (Å²) < 4.78 is 24.5. The van der Waals surface area contributed by atoms with Crippen molar-refractivity contribution in [2.45, 2.75) is 6.17 Å². The number of fused-ring (bicyclic) bond motifs is 1. The summed E-state index contributed by atoms with van der Waals surface area (Å²) in [5, 5.41) is 8.75. The highest BCUT2D eigenvalue weighted by Gasteiger charge is 2.19. The van der Waals surface area contributed by atoms with E-state index in [2.05, 4.69) is 15.9 Å². The molecule has 1 atom stereocenters. The van der Waals surface area contributed by atoms with Gasteiger partial charge < -0.3 is 14.6 Å². The molecule has 1 N–H and O–H groups in total. The van der Waals surface area contributed by atoms with Crippen molar-refractivity contribution in [3.63, 3.8) is 0 Å². The summed E-state index contributed by atoms with van der Waals surface area (Å²) in [5.41, 5.74) is 0.377. The van der Waals surface area contributed by atoms with Crippen LogP contribution in [0.3, 0.4) is 0 Å². The minimum absolute atomic E-state index is 0.377. The van der Waals surface area contributed by atoms with Crippen LogP contribution < -0.4 is 9.47 Å². The fourth-order valence-corrected chi connectivity index (χ4v) is 1.99. The normalized spacial score (nSPS) is 16.2. The molecule has 1 aliphatic rings. The van der Waals surface area contributed by atoms with Crippen LogP contribution in [0.5, 0.6) is 11.5 Å². The summed E-state index contributed by atoms with van der Waals surface area (Å²) in [6, 6.07) is 3.21. The van der Waals surface area contributed by atoms with E-state index < -0.39 is 12.8 Å². The average molecular weight is 277 g/mol. The number of alkyl halides is 1. The van der Waals surface area contributed by atoms with E-state index in [9.17, 15) is 4.39 Å². The molecule has 0 amide bonds. The monoisotopic (exact) mass is 276 g/mol. The van der Waals surface area contributed by atoms with Gasteiger partial charge in [0.2, 0.25) is 0 Å². The molecule has 0 spiro atoms. The van der Waals surface area contributed by atoms with Gasteiger partial charge in [-0.25, -0.2) is 4.39 Å². The second kappa shape index (κ2) is 4.37. The number of benzene rings is 1. The molecule has 0 bridgehead atoms. The zero-order chi connectivity index (χ0) is 10.8. The van der Waals surface area contributed by atoms with Crippen LogP contribution in [0.4, 0.5) is 4.39 Å². The molecule has 1 unspecified atom stereocenters. The predicted molar refractivity (Wildman–Crippen MR) is 56.1 cm³/mol. The van der Waals surface area contributed by atoms with Crippen LogP contribution in [0, 0.1) is 0 Å². The van der Waals surface area contributed by atoms with Crippen molar-refractivity contribution < 1.29 is 19.0 Å². The Morgan fingerprint density at radius 2 is 1.93 bits per heavy atom. The molecule has 0 saturated heterocycles. The zero-order valence-corrected chi connectivity index (χ0v) is 9.46. The highest BCUT2D eigenvalue weighted by Crippen LogP contribution is 2.38. The van der Waals surface area contributed by atoms with Crippen LogP contribution in [0.25, 0.3) is 0 Å². The van der Waals surface area contributed by atoms with Crippen LogP contribution in [0.1, 0.15) is 11.7 Å². The topological polar surface area (TPSA) is 38.7 Å². The Morgan fingerprint density at radius 1 is 1.33 bits per heavy atom. The second-order valence-electron chi connectivity index (χ2n) is 3.17. The zero-order valence-electron chi connectivity index (χ0n) is 7.87. The Labute approximate surface area is 94.9 Å². The van der Waals surface area contributed by atoms with Gasteiger partial charge in [0.1, 0.15) is 19.4 Å². The Kier molecular flexibility index (Phi) is 3.11. The minimum atomic E-state index is -1.41. The third kappa shape index (κ3) is 2.08. The first-order valence-corrected chi connectivity index (χ1v) is 5.35. The fraction of sp³-hybridized carbons (Fsp3) is 0.400. The van der Waals surface area contributed by atoms with Gasteiger partial charge in [0.15, 0.2) is 11.5 Å². The maximum absolute atomic E-state index is 13.3. The van der Waals surface area contributed by atoms with Gasteiger partial charge in [0.25, 0.3) is 0 Å². The Morgan fingerprint density at radius 3 is 2.53 bits per heavy atom. The second-order valence-corrected chi connectivity index (χ2v) is 4.02. The third-order valence-corrected chi connectivity index (χ3v) is 2.85. The van der Waals surface area contributed by atoms with Crippen LogP contribution >= 0.6 is 15.9 Å². The number of halogens is 2. The first kappa shape index (κ1) is 10.7. The highest BCUT2D eigenvalue weighted by atomic mass is 79.9. The molecule has 0 radical (unpaired) electrons. The lowest BCUT2D eigenvalue weighted by atomic mass is 10.1. The molecule has 1 aliphatic heterocycles. The lowest BCUT2D eigenvalue weighted by molar-refractivity contribution is 0.166. The minimum Gasteiger partial charge on any atom is -0.486 e. The summed E-state index contributed by atoms with van der Waals surface area (Å²) in [4.78, 5) is 0. The molecule has 15 heavy (non-hydrogen) atoms. The Hall–Kier alpha value is -0.810. The van der Waals surface area contributed by atoms with Crippen molar-refractivity contribution in [1.29, 1.82) is 0 Å². The van der Waals surface area contributed by atoms with Gasteiger partial charge in [0.05, 0.1) is 6.61 Å². The summed E-state index contributed by atoms with van der Waals surface area (Å²) in [6.45, 7) is 0.417. The van der Waals surface area contributed by atoms with Gasteiger partial charge in [0, 0.05) is 10.0 Å². The smallest absolute Gasteiger partial charge is 0.162 e. The summed E-state index contributed by atoms with van der Waals surface area (Å²) >= 11 is 3.23. The Bertz CT molecular complexity index is 370. The van der Waals surface area contributed by atoms with Gasteiger partial charge in [-0.15, -0.1) is 0 Å². The summed E-state index contributed by atoms with van der Waals surface area (Å²) in [6.07, 6.45) is -1.41. The molecule has 1 aromatic rings. The third-order valence-electron chi connectivity index (χ3n) is 2.16. The molecule has 0 fully saturated rings. The molecule has 2 rings (SSSR count). The molecule has 82 valence electrons. The largest absolute Gasteiger partial charge is 0.486 e. The molecule has 0 saturated carbocycles. The fourth-order valence-electron chi connectivity index (χ4n) is 1.42. The quantitative estimate of drug-likeness (QED) is 0.900. The van der Waals surface area contributed by atoms with Crippen molar-refractivity contribution in [3.05, 3.63) is 22.2 Å². The molecule has 1 heterocycles. The highest BCUT2D eigenvalue weighted by molar-refractivity contribution is 9.10. The summed E-state index contributed by atoms with van der Waals surface area (Å²) in [5.74, 6) is 1.12. The first-order chi connectivity index (χ1) is 7.22. The number of aliphatic hydroxyl groups is 1. The number of hydrogen-bond donors (Lipinski definition) is 1. The van der Waals surface area contributed by atoms with E-state index in [-0.39, 0.29) is 0 Å². The van der Waals surface area contributed by atoms with Gasteiger partial charge in [-0.3, -0.25) is 0 Å². The van der Waals surface area contributed by atoms with Crippen molar-refractivity contribution in [2.24, 2.45) is 0 Å². The number of aliphatic hydroxyl groups excluding tert-OH is 1. The molecule has 5 heteroatoms. The maximum Gasteiger partial charge on any atom is 0.162 e. The maximum atomic E-state index is 13.3. The molecular formula is C10H10BrFO3. The molecule has 3 nitrogen and oxygen atoms in total. The van der Waals surface area contributed by atoms with Gasteiger partial charge in [-0.05, 0) is 12.1 Å². The van der Waals surface area contributed by atoms with Crippen LogP contribution in [-0.2, 0) is 0 Å². The van der Waals surface area contributed by atoms with E-state index in [1.165, 1.54) is 0 Å². The van der Waals surface area contributed by atoms with E-state index in [1.54, 1.807) is 12.1 Å². The van der Waals surface area contributed by atoms with Crippen molar-refractivity contribution in [1.82, 2.24) is 0 Å². The van der Waals surface area contributed by atoms with Gasteiger partial charge >= 0.3 is 0 Å². The van der Waals surface area contributed by atoms with Gasteiger partial charge in [-0.2, -0.15) is 0 Å². The van der Waals surface area contributed by atoms with E-state index in [0.29, 0.717) is 34.7 Å². The van der Waals surface area contributed by atoms with Crippen LogP contribution in [0.15, 0.2) is 16.6 Å². The van der Waals surface area contributed by atoms with Gasteiger partial charge in [-0.1, -0.05) is 15.9 Å². The first-order valence-electron chi connectivity index (χ1n) is 4.56. The van der Waals surface area contributed by atoms with E-state index >= 15 is 0 Å². The van der Waals surface area contributed by atoms with E-state index in [0.717, 1.165) is 0 Å². The Balaban J connectivity index is 2.40. The van der Waals surface area contributed by atoms with Crippen molar-refractivity contribution in [3.8, 4) is 11.5 Å². The number of ether oxygens (including phenoxy) is 2. The number of hydrogen-bond acceptors (Lipinski definition) is 3. The van der Waals surface area contributed by atoms with E-state index in [1.807, 2.05) is 0 Å². The lowest BCUT2D eigenvalue weighted by Gasteiger charge is -2.20. The lowest BCUT2D eigenvalue weighted by Crippen LogP contribution is -2.16. The molecule has 1 aromatic carbocycles. The predicted octanol–water partition coefficient (Wildman–Crippen LogP) is 2.22. The van der Waals surface area contributed by atoms with Crippen molar-refractivity contribution >= 4 is 15.9 Å². The van der Waals surface area contributed by atoms with E-state index in [4.69, 9.17) is 14.6 Å². The van der Waals surface area contributed by atoms with Crippen LogP contribution in [0.2, 0.25) is 0 Å². The van der Waals surface area contributed by atoms with Crippen molar-refractivity contribution in [2.75, 3.05) is 19.8 Å². The average Bonchev–Trinajstić information content (AvgIpc) is 2.27. The molecular weight excluding hydrogens is 267 g/mol. The molecule has 0 aromatic heterocycles. The number of rotatable bonds is 2. The SMILES string of the molecule is OCC(F)c1cc2c(cc1Br)OCCO2. The summed E-state index contributed by atoms with van der Waals surface area (Å²) in [7, 11) is 0. The standard InChI is InChI=1S/C10H10BrFO3/c11-7-4-10-9(14-1-2-15-10)3-6(7)8(12)5-13/h3-4,8,13H,1-2,5H2. The molecule has 0 aliphatic carbocycles.